The summed E-state index contributed by atoms with van der Waals surface area (Å²) in [7, 11) is 1.34. The van der Waals surface area contributed by atoms with Gasteiger partial charge in [0.25, 0.3) is 5.91 Å². The van der Waals surface area contributed by atoms with Crippen molar-refractivity contribution in [2.24, 2.45) is 0 Å². The zero-order valence-electron chi connectivity index (χ0n) is 12.8. The summed E-state index contributed by atoms with van der Waals surface area (Å²) in [6.07, 6.45) is 0. The SMILES string of the molecule is CCn1c(C(=O)Nc2ccc(C(=O)OC)cc2)cc2sccc21. The molecule has 3 aromatic rings. The Hall–Kier alpha value is -2.60. The van der Waals surface area contributed by atoms with Gasteiger partial charge in [0, 0.05) is 12.2 Å². The molecule has 0 radical (unpaired) electrons. The van der Waals surface area contributed by atoms with Crippen molar-refractivity contribution in [2.75, 3.05) is 12.4 Å². The Bertz CT molecular complexity index is 862. The number of fused-ring (bicyclic) bond motifs is 1. The van der Waals surface area contributed by atoms with E-state index in [4.69, 9.17) is 0 Å². The standard InChI is InChI=1S/C17H16N2O3S/c1-3-19-13-8-9-23-15(13)10-14(19)16(20)18-12-6-4-11(5-7-12)17(21)22-2/h4-10H,3H2,1-2H3,(H,18,20). The highest BCUT2D eigenvalue weighted by atomic mass is 32.1. The Morgan fingerprint density at radius 2 is 1.96 bits per heavy atom. The summed E-state index contributed by atoms with van der Waals surface area (Å²) < 4.78 is 7.74. The Morgan fingerprint density at radius 3 is 2.61 bits per heavy atom. The first-order valence-corrected chi connectivity index (χ1v) is 8.08. The number of aromatic nitrogens is 1. The molecule has 0 spiro atoms. The van der Waals surface area contributed by atoms with E-state index in [1.807, 2.05) is 29.0 Å². The number of anilines is 1. The minimum Gasteiger partial charge on any atom is -0.465 e. The van der Waals surface area contributed by atoms with Gasteiger partial charge in [-0.2, -0.15) is 0 Å². The molecule has 0 aliphatic rings. The summed E-state index contributed by atoms with van der Waals surface area (Å²) in [5.41, 5.74) is 2.79. The average molecular weight is 328 g/mol. The normalized spacial score (nSPS) is 10.7. The molecule has 0 atom stereocenters. The van der Waals surface area contributed by atoms with Gasteiger partial charge in [0.1, 0.15) is 5.69 Å². The van der Waals surface area contributed by atoms with Gasteiger partial charge in [0.05, 0.1) is 22.9 Å². The Kier molecular flexibility index (Phi) is 4.16. The molecule has 5 nitrogen and oxygen atoms in total. The van der Waals surface area contributed by atoms with Crippen LogP contribution in [0.3, 0.4) is 0 Å². The van der Waals surface area contributed by atoms with Crippen molar-refractivity contribution in [3.8, 4) is 0 Å². The van der Waals surface area contributed by atoms with Crippen LogP contribution in [0.1, 0.15) is 27.8 Å². The first kappa shape index (κ1) is 15.3. The van der Waals surface area contributed by atoms with E-state index in [1.54, 1.807) is 35.6 Å². The van der Waals surface area contributed by atoms with Gasteiger partial charge >= 0.3 is 5.97 Å². The number of carbonyl (C=O) groups excluding carboxylic acids is 2. The average Bonchev–Trinajstić information content (AvgIpc) is 3.15. The molecule has 0 unspecified atom stereocenters. The third kappa shape index (κ3) is 2.85. The van der Waals surface area contributed by atoms with Crippen molar-refractivity contribution in [2.45, 2.75) is 13.5 Å². The number of nitrogens with one attached hydrogen (secondary N) is 1. The number of nitrogens with zero attached hydrogens (tertiary/aromatic N) is 1. The fourth-order valence-corrected chi connectivity index (χ4v) is 3.33. The van der Waals surface area contributed by atoms with Crippen LogP contribution in [0.25, 0.3) is 10.2 Å². The van der Waals surface area contributed by atoms with Crippen molar-refractivity contribution in [1.82, 2.24) is 4.57 Å². The first-order chi connectivity index (χ1) is 11.1. The number of hydrogen-bond acceptors (Lipinski definition) is 4. The van der Waals surface area contributed by atoms with Gasteiger partial charge in [-0.15, -0.1) is 11.3 Å². The lowest BCUT2D eigenvalue weighted by Crippen LogP contribution is -2.16. The molecule has 2 aromatic heterocycles. The fourth-order valence-electron chi connectivity index (χ4n) is 2.51. The summed E-state index contributed by atoms with van der Waals surface area (Å²) in [6.45, 7) is 2.74. The van der Waals surface area contributed by atoms with E-state index < -0.39 is 5.97 Å². The lowest BCUT2D eigenvalue weighted by atomic mass is 10.2. The number of ether oxygens (including phenoxy) is 1. The highest BCUT2D eigenvalue weighted by Gasteiger charge is 2.15. The van der Waals surface area contributed by atoms with E-state index >= 15 is 0 Å². The molecule has 6 heteroatoms. The molecule has 2 heterocycles. The third-order valence-corrected chi connectivity index (χ3v) is 4.49. The van der Waals surface area contributed by atoms with E-state index in [9.17, 15) is 9.59 Å². The van der Waals surface area contributed by atoms with Crippen molar-refractivity contribution < 1.29 is 14.3 Å². The van der Waals surface area contributed by atoms with E-state index in [-0.39, 0.29) is 5.91 Å². The predicted octanol–water partition coefficient (Wildman–Crippen LogP) is 3.76. The second kappa shape index (κ2) is 6.26. The van der Waals surface area contributed by atoms with Crippen LogP contribution in [0.4, 0.5) is 5.69 Å². The number of rotatable bonds is 4. The van der Waals surface area contributed by atoms with Gasteiger partial charge in [0.15, 0.2) is 0 Å². The topological polar surface area (TPSA) is 60.3 Å². The van der Waals surface area contributed by atoms with E-state index in [0.717, 1.165) is 16.8 Å². The quantitative estimate of drug-likeness (QED) is 0.742. The summed E-state index contributed by atoms with van der Waals surface area (Å²) in [5.74, 6) is -0.566. The number of thiophene rings is 1. The molecule has 3 rings (SSSR count). The van der Waals surface area contributed by atoms with Crippen molar-refractivity contribution >= 4 is 39.1 Å². The minimum atomic E-state index is -0.400. The van der Waals surface area contributed by atoms with Gasteiger partial charge in [-0.1, -0.05) is 0 Å². The molecule has 0 fully saturated rings. The zero-order valence-corrected chi connectivity index (χ0v) is 13.6. The van der Waals surface area contributed by atoms with Crippen molar-refractivity contribution in [3.05, 3.63) is 53.0 Å². The third-order valence-electron chi connectivity index (χ3n) is 3.64. The fraction of sp³-hybridized carbons (Fsp3) is 0.176. The maximum atomic E-state index is 12.5. The number of amides is 1. The zero-order chi connectivity index (χ0) is 16.4. The molecule has 0 aliphatic heterocycles. The van der Waals surface area contributed by atoms with Crippen LogP contribution < -0.4 is 5.32 Å². The summed E-state index contributed by atoms with van der Waals surface area (Å²) >= 11 is 1.62. The van der Waals surface area contributed by atoms with Crippen molar-refractivity contribution in [1.29, 1.82) is 0 Å². The minimum absolute atomic E-state index is 0.166. The Labute approximate surface area is 137 Å². The Balaban J connectivity index is 1.83. The van der Waals surface area contributed by atoms with Crippen LogP contribution in [0, 0.1) is 0 Å². The van der Waals surface area contributed by atoms with Crippen LogP contribution in [0.15, 0.2) is 41.8 Å². The van der Waals surface area contributed by atoms with Crippen LogP contribution in [-0.2, 0) is 11.3 Å². The molecular formula is C17H16N2O3S. The van der Waals surface area contributed by atoms with Gasteiger partial charge in [-0.3, -0.25) is 4.79 Å². The monoisotopic (exact) mass is 328 g/mol. The summed E-state index contributed by atoms with van der Waals surface area (Å²) in [5, 5.41) is 4.88. The molecule has 0 aliphatic carbocycles. The van der Waals surface area contributed by atoms with Gasteiger partial charge in [0.2, 0.25) is 0 Å². The molecule has 0 bridgehead atoms. The number of hydrogen-bond donors (Lipinski definition) is 1. The molecule has 1 amide bonds. The Morgan fingerprint density at radius 1 is 1.22 bits per heavy atom. The summed E-state index contributed by atoms with van der Waals surface area (Å²) in [6, 6.07) is 10.5. The highest BCUT2D eigenvalue weighted by molar-refractivity contribution is 7.17. The number of benzene rings is 1. The van der Waals surface area contributed by atoms with Gasteiger partial charge < -0.3 is 14.6 Å². The lowest BCUT2D eigenvalue weighted by molar-refractivity contribution is 0.0600. The molecule has 118 valence electrons. The molecule has 23 heavy (non-hydrogen) atoms. The molecule has 0 saturated carbocycles. The smallest absolute Gasteiger partial charge is 0.337 e. The predicted molar refractivity (Wildman–Crippen MR) is 91.2 cm³/mol. The number of aryl methyl sites for hydroxylation is 1. The van der Waals surface area contributed by atoms with Crippen molar-refractivity contribution in [3.63, 3.8) is 0 Å². The molecular weight excluding hydrogens is 312 g/mol. The maximum absolute atomic E-state index is 12.5. The second-order valence-electron chi connectivity index (χ2n) is 4.97. The van der Waals surface area contributed by atoms with Gasteiger partial charge in [-0.25, -0.2) is 4.79 Å². The van der Waals surface area contributed by atoms with Crippen LogP contribution in [0.5, 0.6) is 0 Å². The van der Waals surface area contributed by atoms with Gasteiger partial charge in [-0.05, 0) is 48.7 Å². The number of methoxy groups -OCH3 is 1. The molecule has 1 aromatic carbocycles. The van der Waals surface area contributed by atoms with Crippen LogP contribution >= 0.6 is 11.3 Å². The van der Waals surface area contributed by atoms with E-state index in [1.165, 1.54) is 7.11 Å². The van der Waals surface area contributed by atoms with Crippen LogP contribution in [0.2, 0.25) is 0 Å². The molecule has 0 saturated heterocycles. The van der Waals surface area contributed by atoms with E-state index in [2.05, 4.69) is 10.1 Å². The largest absolute Gasteiger partial charge is 0.465 e. The second-order valence-corrected chi connectivity index (χ2v) is 5.91. The summed E-state index contributed by atoms with van der Waals surface area (Å²) in [4.78, 5) is 23.9. The number of esters is 1. The lowest BCUT2D eigenvalue weighted by Gasteiger charge is -2.09. The maximum Gasteiger partial charge on any atom is 0.337 e. The number of carbonyl (C=O) groups is 2. The van der Waals surface area contributed by atoms with E-state index in [0.29, 0.717) is 16.9 Å². The van der Waals surface area contributed by atoms with Crippen LogP contribution in [-0.4, -0.2) is 23.6 Å². The first-order valence-electron chi connectivity index (χ1n) is 7.20. The highest BCUT2D eigenvalue weighted by Crippen LogP contribution is 2.25. The molecule has 1 N–H and O–H groups in total.